The van der Waals surface area contributed by atoms with E-state index in [-0.39, 0.29) is 0 Å². The first kappa shape index (κ1) is 20.8. The van der Waals surface area contributed by atoms with E-state index in [1.165, 1.54) is 32.1 Å². The average molecular weight is 303 g/mol. The van der Waals surface area contributed by atoms with Gasteiger partial charge in [-0.15, -0.1) is 0 Å². The van der Waals surface area contributed by atoms with Crippen molar-refractivity contribution in [2.75, 3.05) is 39.5 Å². The number of unbranched alkanes of at least 4 members (excludes halogenated alkanes) is 5. The quantitative estimate of drug-likeness (QED) is 0.430. The monoisotopic (exact) mass is 303 g/mol. The van der Waals surface area contributed by atoms with Crippen LogP contribution in [-0.2, 0) is 9.47 Å². The molecule has 0 aliphatic carbocycles. The van der Waals surface area contributed by atoms with Gasteiger partial charge in [0.05, 0.1) is 19.3 Å². The van der Waals surface area contributed by atoms with Gasteiger partial charge in [-0.2, -0.15) is 0 Å². The van der Waals surface area contributed by atoms with Crippen LogP contribution in [0.3, 0.4) is 0 Å². The molecular formula is C17H37NO3. The van der Waals surface area contributed by atoms with Crippen molar-refractivity contribution < 1.29 is 14.6 Å². The molecule has 0 rings (SSSR count). The molecule has 2 N–H and O–H groups in total. The van der Waals surface area contributed by atoms with Crippen molar-refractivity contribution in [3.63, 3.8) is 0 Å². The van der Waals surface area contributed by atoms with E-state index >= 15 is 0 Å². The standard InChI is InChI=1S/C17H37NO3/c1-4-5-6-7-8-9-11-20-15-17(19)13-18-10-12-21-14-16(2)3/h16-19H,4-15H2,1-3H3. The number of hydrogen-bond acceptors (Lipinski definition) is 4. The van der Waals surface area contributed by atoms with Crippen LogP contribution in [0.25, 0.3) is 0 Å². The van der Waals surface area contributed by atoms with E-state index in [1.54, 1.807) is 0 Å². The minimum absolute atomic E-state index is 0.421. The summed E-state index contributed by atoms with van der Waals surface area (Å²) in [7, 11) is 0. The number of nitrogens with one attached hydrogen (secondary N) is 1. The van der Waals surface area contributed by atoms with Gasteiger partial charge in [-0.3, -0.25) is 0 Å². The molecule has 0 aromatic carbocycles. The van der Waals surface area contributed by atoms with Crippen LogP contribution in [-0.4, -0.2) is 50.7 Å². The maximum absolute atomic E-state index is 9.74. The Kier molecular flexibility index (Phi) is 16.1. The van der Waals surface area contributed by atoms with Gasteiger partial charge in [0.25, 0.3) is 0 Å². The summed E-state index contributed by atoms with van der Waals surface area (Å²) in [6.07, 6.45) is 7.19. The Hall–Kier alpha value is -0.160. The largest absolute Gasteiger partial charge is 0.389 e. The molecule has 4 nitrogen and oxygen atoms in total. The first-order chi connectivity index (χ1) is 10.2. The fourth-order valence-corrected chi connectivity index (χ4v) is 1.99. The van der Waals surface area contributed by atoms with Crippen molar-refractivity contribution in [2.24, 2.45) is 5.92 Å². The second-order valence-corrected chi connectivity index (χ2v) is 6.17. The smallest absolute Gasteiger partial charge is 0.0897 e. The molecule has 0 heterocycles. The first-order valence-corrected chi connectivity index (χ1v) is 8.71. The molecule has 128 valence electrons. The maximum Gasteiger partial charge on any atom is 0.0897 e. The zero-order valence-corrected chi connectivity index (χ0v) is 14.4. The molecule has 1 atom stereocenters. The molecule has 0 aliphatic rings. The predicted molar refractivity (Wildman–Crippen MR) is 88.7 cm³/mol. The van der Waals surface area contributed by atoms with Crippen LogP contribution < -0.4 is 5.32 Å². The molecule has 21 heavy (non-hydrogen) atoms. The van der Waals surface area contributed by atoms with Gasteiger partial charge in [0.15, 0.2) is 0 Å². The Morgan fingerprint density at radius 3 is 2.29 bits per heavy atom. The zero-order chi connectivity index (χ0) is 15.8. The molecule has 0 radical (unpaired) electrons. The Morgan fingerprint density at radius 1 is 0.905 bits per heavy atom. The molecule has 1 unspecified atom stereocenters. The lowest BCUT2D eigenvalue weighted by atomic mass is 10.1. The van der Waals surface area contributed by atoms with E-state index in [0.717, 1.165) is 26.2 Å². The summed E-state index contributed by atoms with van der Waals surface area (Å²) in [5.74, 6) is 0.575. The highest BCUT2D eigenvalue weighted by Crippen LogP contribution is 2.04. The number of hydrogen-bond donors (Lipinski definition) is 2. The lowest BCUT2D eigenvalue weighted by molar-refractivity contribution is 0.0338. The van der Waals surface area contributed by atoms with Crippen LogP contribution >= 0.6 is 0 Å². The van der Waals surface area contributed by atoms with E-state index in [1.807, 2.05) is 0 Å². The SMILES string of the molecule is CCCCCCCCOCC(O)CNCCOCC(C)C. The number of ether oxygens (including phenoxy) is 2. The molecule has 0 aliphatic heterocycles. The topological polar surface area (TPSA) is 50.7 Å². The fourth-order valence-electron chi connectivity index (χ4n) is 1.99. The molecule has 0 fully saturated rings. The van der Waals surface area contributed by atoms with E-state index in [9.17, 15) is 5.11 Å². The summed E-state index contributed by atoms with van der Waals surface area (Å²) in [4.78, 5) is 0. The van der Waals surface area contributed by atoms with Crippen LogP contribution in [0.1, 0.15) is 59.3 Å². The third-order valence-corrected chi connectivity index (χ3v) is 3.21. The molecule has 4 heteroatoms. The van der Waals surface area contributed by atoms with E-state index in [4.69, 9.17) is 9.47 Å². The third-order valence-electron chi connectivity index (χ3n) is 3.21. The minimum Gasteiger partial charge on any atom is -0.389 e. The van der Waals surface area contributed by atoms with Crippen LogP contribution in [0.5, 0.6) is 0 Å². The van der Waals surface area contributed by atoms with Gasteiger partial charge in [-0.05, 0) is 12.3 Å². The number of rotatable bonds is 16. The van der Waals surface area contributed by atoms with E-state index < -0.39 is 6.10 Å². The predicted octanol–water partition coefficient (Wildman–Crippen LogP) is 2.99. The van der Waals surface area contributed by atoms with Crippen molar-refractivity contribution in [2.45, 2.75) is 65.4 Å². The van der Waals surface area contributed by atoms with E-state index in [2.05, 4.69) is 26.1 Å². The highest BCUT2D eigenvalue weighted by Gasteiger charge is 2.03. The molecule has 0 aromatic heterocycles. The fraction of sp³-hybridized carbons (Fsp3) is 1.00. The molecule has 0 saturated heterocycles. The van der Waals surface area contributed by atoms with E-state index in [0.29, 0.717) is 25.7 Å². The van der Waals surface area contributed by atoms with Gasteiger partial charge in [0.1, 0.15) is 0 Å². The summed E-state index contributed by atoms with van der Waals surface area (Å²) in [5.41, 5.74) is 0. The average Bonchev–Trinajstić information content (AvgIpc) is 2.45. The van der Waals surface area contributed by atoms with Crippen LogP contribution in [0.2, 0.25) is 0 Å². The van der Waals surface area contributed by atoms with Crippen molar-refractivity contribution in [3.05, 3.63) is 0 Å². The Balaban J connectivity index is 3.14. The molecule has 0 amide bonds. The number of aliphatic hydroxyl groups is 1. The second-order valence-electron chi connectivity index (χ2n) is 6.17. The summed E-state index contributed by atoms with van der Waals surface area (Å²) < 4.78 is 10.9. The summed E-state index contributed by atoms with van der Waals surface area (Å²) in [6, 6.07) is 0. The highest BCUT2D eigenvalue weighted by molar-refractivity contribution is 4.58. The zero-order valence-electron chi connectivity index (χ0n) is 14.4. The van der Waals surface area contributed by atoms with Crippen LogP contribution in [0.15, 0.2) is 0 Å². The van der Waals surface area contributed by atoms with Crippen molar-refractivity contribution in [3.8, 4) is 0 Å². The molecule has 0 aromatic rings. The molecule has 0 spiro atoms. The first-order valence-electron chi connectivity index (χ1n) is 8.71. The van der Waals surface area contributed by atoms with Gasteiger partial charge >= 0.3 is 0 Å². The summed E-state index contributed by atoms with van der Waals surface area (Å²) >= 11 is 0. The Bertz CT molecular complexity index is 200. The molecular weight excluding hydrogens is 266 g/mol. The third kappa shape index (κ3) is 17.8. The summed E-state index contributed by atoms with van der Waals surface area (Å²) in [6.45, 7) is 10.5. The molecule has 0 bridgehead atoms. The van der Waals surface area contributed by atoms with Crippen molar-refractivity contribution in [1.82, 2.24) is 5.32 Å². The lowest BCUT2D eigenvalue weighted by Gasteiger charge is -2.13. The number of aliphatic hydroxyl groups excluding tert-OH is 1. The maximum atomic E-state index is 9.74. The lowest BCUT2D eigenvalue weighted by Crippen LogP contribution is -2.32. The van der Waals surface area contributed by atoms with Gasteiger partial charge in [-0.25, -0.2) is 0 Å². The second kappa shape index (κ2) is 16.2. The van der Waals surface area contributed by atoms with Gasteiger partial charge in [0.2, 0.25) is 0 Å². The van der Waals surface area contributed by atoms with Crippen LogP contribution in [0, 0.1) is 5.92 Å². The summed E-state index contributed by atoms with van der Waals surface area (Å²) in [5, 5.41) is 12.9. The minimum atomic E-state index is -0.421. The van der Waals surface area contributed by atoms with Crippen molar-refractivity contribution in [1.29, 1.82) is 0 Å². The Labute approximate surface area is 131 Å². The van der Waals surface area contributed by atoms with Crippen molar-refractivity contribution >= 4 is 0 Å². The molecule has 0 saturated carbocycles. The van der Waals surface area contributed by atoms with Gasteiger partial charge < -0.3 is 19.9 Å². The van der Waals surface area contributed by atoms with Gasteiger partial charge in [0, 0.05) is 26.3 Å². The van der Waals surface area contributed by atoms with Crippen LogP contribution in [0.4, 0.5) is 0 Å². The Morgan fingerprint density at radius 2 is 1.57 bits per heavy atom. The highest BCUT2D eigenvalue weighted by atomic mass is 16.5. The normalized spacial score (nSPS) is 13.0. The van der Waals surface area contributed by atoms with Gasteiger partial charge in [-0.1, -0.05) is 52.9 Å².